The quantitative estimate of drug-likeness (QED) is 0.419. The minimum absolute atomic E-state index is 0.281. The van der Waals surface area contributed by atoms with Crippen LogP contribution in [0.25, 0.3) is 0 Å². The Kier molecular flexibility index (Phi) is 3.00. The molecule has 0 amide bonds. The van der Waals surface area contributed by atoms with Crippen LogP contribution in [0.2, 0.25) is 0 Å². The minimum Gasteiger partial charge on any atom is -0.118 e. The second-order valence-corrected chi connectivity index (χ2v) is 4.41. The first-order valence-electron chi connectivity index (χ1n) is 4.42. The van der Waals surface area contributed by atoms with E-state index in [9.17, 15) is 0 Å². The van der Waals surface area contributed by atoms with Gasteiger partial charge >= 0.3 is 0 Å². The molecule has 0 fully saturated rings. The Morgan fingerprint density at radius 1 is 1.55 bits per heavy atom. The van der Waals surface area contributed by atoms with Crippen molar-refractivity contribution in [1.82, 2.24) is 0 Å². The smallest absolute Gasteiger partial charge is 0.0549 e. The highest BCUT2D eigenvalue weighted by Gasteiger charge is 2.23. The molecular weight excluding hydrogens is 156 g/mol. The van der Waals surface area contributed by atoms with Crippen LogP contribution in [0, 0.1) is 11.8 Å². The van der Waals surface area contributed by atoms with Crippen molar-refractivity contribution in [2.24, 2.45) is 11.8 Å². The number of halogens is 1. The third-order valence-electron chi connectivity index (χ3n) is 2.58. The van der Waals surface area contributed by atoms with Crippen LogP contribution in [0.3, 0.4) is 0 Å². The summed E-state index contributed by atoms with van der Waals surface area (Å²) in [4.78, 5) is 0. The van der Waals surface area contributed by atoms with Gasteiger partial charge in [-0.05, 0) is 31.6 Å². The zero-order valence-electron chi connectivity index (χ0n) is 7.60. The summed E-state index contributed by atoms with van der Waals surface area (Å²) >= 11 is 6.20. The summed E-state index contributed by atoms with van der Waals surface area (Å²) in [6.07, 6.45) is 4.73. The van der Waals surface area contributed by atoms with E-state index in [1.165, 1.54) is 18.4 Å². The molecular formula is C10H17Cl. The van der Waals surface area contributed by atoms with Gasteiger partial charge in [0.05, 0.1) is 5.38 Å². The molecule has 0 radical (unpaired) electrons. The summed E-state index contributed by atoms with van der Waals surface area (Å²) < 4.78 is 0. The van der Waals surface area contributed by atoms with Crippen LogP contribution in [0.15, 0.2) is 11.6 Å². The van der Waals surface area contributed by atoms with E-state index in [1.807, 2.05) is 0 Å². The second kappa shape index (κ2) is 3.62. The fourth-order valence-electron chi connectivity index (χ4n) is 1.73. The Bertz CT molecular complexity index is 158. The predicted octanol–water partition coefficient (Wildman–Crippen LogP) is 3.61. The molecule has 64 valence electrons. The zero-order chi connectivity index (χ0) is 8.43. The molecule has 0 saturated heterocycles. The van der Waals surface area contributed by atoms with Crippen molar-refractivity contribution in [3.63, 3.8) is 0 Å². The highest BCUT2D eigenvalue weighted by atomic mass is 35.5. The molecule has 1 rings (SSSR count). The van der Waals surface area contributed by atoms with Gasteiger partial charge in [-0.3, -0.25) is 0 Å². The van der Waals surface area contributed by atoms with E-state index in [4.69, 9.17) is 11.6 Å². The lowest BCUT2D eigenvalue weighted by Crippen LogP contribution is -2.22. The van der Waals surface area contributed by atoms with Crippen LogP contribution in [0.1, 0.15) is 33.6 Å². The maximum atomic E-state index is 6.20. The summed E-state index contributed by atoms with van der Waals surface area (Å²) in [5.41, 5.74) is 1.46. The number of hydrogen-bond donors (Lipinski definition) is 0. The summed E-state index contributed by atoms with van der Waals surface area (Å²) in [5, 5.41) is 0.281. The highest BCUT2D eigenvalue weighted by Crippen LogP contribution is 2.32. The van der Waals surface area contributed by atoms with E-state index < -0.39 is 0 Å². The topological polar surface area (TPSA) is 0 Å². The fourth-order valence-corrected chi connectivity index (χ4v) is 2.37. The Labute approximate surface area is 74.6 Å². The Balaban J connectivity index is 2.60. The molecule has 0 saturated carbocycles. The molecule has 0 unspecified atom stereocenters. The van der Waals surface area contributed by atoms with Gasteiger partial charge in [0, 0.05) is 0 Å². The first-order valence-corrected chi connectivity index (χ1v) is 4.86. The van der Waals surface area contributed by atoms with E-state index >= 15 is 0 Å². The predicted molar refractivity (Wildman–Crippen MR) is 51.0 cm³/mol. The average Bonchev–Trinajstić information content (AvgIpc) is 1.85. The Morgan fingerprint density at radius 2 is 2.18 bits per heavy atom. The van der Waals surface area contributed by atoms with Crippen LogP contribution in [0.5, 0.6) is 0 Å². The number of rotatable bonds is 1. The molecule has 0 aromatic rings. The minimum atomic E-state index is 0.281. The van der Waals surface area contributed by atoms with E-state index in [-0.39, 0.29) is 5.38 Å². The molecule has 2 atom stereocenters. The van der Waals surface area contributed by atoms with Crippen molar-refractivity contribution < 1.29 is 0 Å². The number of alkyl halides is 1. The molecule has 0 nitrogen and oxygen atoms in total. The van der Waals surface area contributed by atoms with Gasteiger partial charge in [-0.25, -0.2) is 0 Å². The van der Waals surface area contributed by atoms with Gasteiger partial charge in [0.1, 0.15) is 0 Å². The molecule has 1 aliphatic rings. The number of allylic oxidation sites excluding steroid dienone is 2. The molecule has 11 heavy (non-hydrogen) atoms. The van der Waals surface area contributed by atoms with Gasteiger partial charge < -0.3 is 0 Å². The van der Waals surface area contributed by atoms with Gasteiger partial charge in [-0.1, -0.05) is 25.5 Å². The van der Waals surface area contributed by atoms with Gasteiger partial charge in [-0.15, -0.1) is 11.6 Å². The van der Waals surface area contributed by atoms with Crippen molar-refractivity contribution in [2.45, 2.75) is 39.0 Å². The molecule has 0 N–H and O–H groups in total. The van der Waals surface area contributed by atoms with Gasteiger partial charge in [0.15, 0.2) is 0 Å². The molecule has 0 aromatic carbocycles. The summed E-state index contributed by atoms with van der Waals surface area (Å²) in [6, 6.07) is 0. The molecule has 0 spiro atoms. The van der Waals surface area contributed by atoms with Crippen LogP contribution >= 0.6 is 11.6 Å². The third kappa shape index (κ3) is 2.23. The molecule has 0 heterocycles. The molecule has 0 aliphatic heterocycles. The van der Waals surface area contributed by atoms with Crippen LogP contribution in [-0.4, -0.2) is 5.38 Å². The first kappa shape index (κ1) is 9.12. The number of hydrogen-bond acceptors (Lipinski definition) is 0. The van der Waals surface area contributed by atoms with Crippen molar-refractivity contribution >= 4 is 11.6 Å². The molecule has 0 aromatic heterocycles. The van der Waals surface area contributed by atoms with Crippen molar-refractivity contribution in [3.05, 3.63) is 11.6 Å². The maximum absolute atomic E-state index is 6.20. The lowest BCUT2D eigenvalue weighted by Gasteiger charge is -2.28. The van der Waals surface area contributed by atoms with Crippen LogP contribution in [-0.2, 0) is 0 Å². The Hall–Kier alpha value is 0.0300. The third-order valence-corrected chi connectivity index (χ3v) is 3.03. The average molecular weight is 173 g/mol. The van der Waals surface area contributed by atoms with Crippen molar-refractivity contribution in [3.8, 4) is 0 Å². The highest BCUT2D eigenvalue weighted by molar-refractivity contribution is 6.22. The Morgan fingerprint density at radius 3 is 2.64 bits per heavy atom. The SMILES string of the molecule is CC1=C[C@H](Cl)[C@@H](C(C)C)CC1. The fraction of sp³-hybridized carbons (Fsp3) is 0.800. The van der Waals surface area contributed by atoms with Gasteiger partial charge in [-0.2, -0.15) is 0 Å². The lowest BCUT2D eigenvalue weighted by atomic mass is 9.82. The molecule has 0 bridgehead atoms. The van der Waals surface area contributed by atoms with Crippen LogP contribution in [0.4, 0.5) is 0 Å². The van der Waals surface area contributed by atoms with Crippen molar-refractivity contribution in [2.75, 3.05) is 0 Å². The summed E-state index contributed by atoms with van der Waals surface area (Å²) in [6.45, 7) is 6.69. The second-order valence-electron chi connectivity index (χ2n) is 3.90. The molecule has 1 aliphatic carbocycles. The van der Waals surface area contributed by atoms with E-state index in [2.05, 4.69) is 26.8 Å². The van der Waals surface area contributed by atoms with Gasteiger partial charge in [0.25, 0.3) is 0 Å². The van der Waals surface area contributed by atoms with Crippen LogP contribution < -0.4 is 0 Å². The maximum Gasteiger partial charge on any atom is 0.0549 e. The van der Waals surface area contributed by atoms with E-state index in [1.54, 1.807) is 0 Å². The monoisotopic (exact) mass is 172 g/mol. The normalized spacial score (nSPS) is 32.3. The lowest BCUT2D eigenvalue weighted by molar-refractivity contribution is 0.355. The molecule has 1 heteroatoms. The van der Waals surface area contributed by atoms with E-state index in [0.717, 1.165) is 5.92 Å². The first-order chi connectivity index (χ1) is 5.11. The standard InChI is InChI=1S/C10H17Cl/c1-7(2)9-5-4-8(3)6-10(9)11/h6-7,9-10H,4-5H2,1-3H3/t9-,10+/m1/s1. The summed E-state index contributed by atoms with van der Waals surface area (Å²) in [5.74, 6) is 1.42. The zero-order valence-corrected chi connectivity index (χ0v) is 8.36. The van der Waals surface area contributed by atoms with E-state index in [0.29, 0.717) is 5.92 Å². The van der Waals surface area contributed by atoms with Gasteiger partial charge in [0.2, 0.25) is 0 Å². The summed E-state index contributed by atoms with van der Waals surface area (Å²) in [7, 11) is 0. The van der Waals surface area contributed by atoms with Crippen molar-refractivity contribution in [1.29, 1.82) is 0 Å². The largest absolute Gasteiger partial charge is 0.118 e.